The minimum Gasteiger partial charge on any atom is -1.00 e. The SMILES string of the molecule is C.C.C.CC(C)N(CCCl)CCCl.CC(C)[N+]1(CCCl)CC1.CC(C)[NH+](CCCl)CCCl.CCCN(CCC)C(C)C.CCCN(CCCl)C(C)C.CCC[N+]1(C(C)C)CC1.F.[2HH].[B].[Cl-].[Cl-].[Cl-]. The highest BCUT2D eigenvalue weighted by Gasteiger charge is 2.44. The Morgan fingerprint density at radius 2 is 0.682 bits per heavy atom. The molecule has 0 aromatic heterocycles. The number of quaternary nitrogens is 3. The molecule has 2 aliphatic rings. The molecule has 1 N–H and O–H groups in total. The zero-order chi connectivity index (χ0) is 45.7. The average Bonchev–Trinajstić information content (AvgIpc) is 4.10. The highest BCUT2D eigenvalue weighted by atomic mass is 35.5. The summed E-state index contributed by atoms with van der Waals surface area (Å²) in [5, 5.41) is 0. The summed E-state index contributed by atoms with van der Waals surface area (Å²) in [5.74, 6) is 4.40. The van der Waals surface area contributed by atoms with Crippen molar-refractivity contribution in [1.82, 2.24) is 14.7 Å². The predicted octanol–water partition coefficient (Wildman–Crippen LogP) is 3.83. The zero-order valence-corrected chi connectivity index (χ0v) is 50.4. The molecule has 0 bridgehead atoms. The van der Waals surface area contributed by atoms with E-state index in [2.05, 4.69) is 125 Å². The van der Waals surface area contributed by atoms with Crippen LogP contribution < -0.4 is 42.1 Å². The van der Waals surface area contributed by atoms with Gasteiger partial charge >= 0.3 is 0 Å². The monoisotopic (exact) mass is 1140 g/mol. The van der Waals surface area contributed by atoms with E-state index in [0.29, 0.717) is 29.9 Å². The van der Waals surface area contributed by atoms with E-state index in [0.717, 1.165) is 74.4 Å². The van der Waals surface area contributed by atoms with E-state index in [4.69, 9.17) is 69.6 Å². The van der Waals surface area contributed by atoms with Gasteiger partial charge in [-0.25, -0.2) is 0 Å². The van der Waals surface area contributed by atoms with E-state index in [1.165, 1.54) is 98.5 Å². The standard InChI is InChI=1S/C9H21N.C8H18ClN.C8H18N.2C7H15Cl2N.C7H15ClN.3CH4.B.3ClH.FH.H2/c1-5-7-10(8-6-2)9(3)4;1-4-6-10(7-5-9)8(2)3;1-4-5-9(6-7-9)8(2)3;2*1-7(2)10(5-3-8)6-4-9;1-7(2)9(4-3-8)5-6-9;;;;;;;;;/h9H,5-8H2,1-4H3;8H,4-7H2,1-3H3;8H,4-7H2,1-3H3;2*7H,3-6H2,1-2H3;7H,3-6H2,1-2H3;3*1H4;;5*1H/q;;+1;;;+1;;;;;;;;;/p-2/i;;;;;;;;;;;;;;1+1. The van der Waals surface area contributed by atoms with Crippen LogP contribution in [0.3, 0.4) is 0 Å². The van der Waals surface area contributed by atoms with E-state index in [9.17, 15) is 0 Å². The minimum atomic E-state index is 0. The molecule has 2 saturated heterocycles. The third-order valence-electron chi connectivity index (χ3n) is 11.5. The van der Waals surface area contributed by atoms with Crippen LogP contribution in [0.5, 0.6) is 0 Å². The molecule has 0 aliphatic carbocycles. The van der Waals surface area contributed by atoms with Crippen molar-refractivity contribution in [3.63, 3.8) is 0 Å². The third-order valence-corrected chi connectivity index (χ3v) is 12.5. The summed E-state index contributed by atoms with van der Waals surface area (Å²) in [7, 11) is 0. The Balaban J connectivity index is -0.0000000462. The van der Waals surface area contributed by atoms with Crippen LogP contribution in [0.2, 0.25) is 0 Å². The Bertz CT molecular complexity index is 731. The van der Waals surface area contributed by atoms with Crippen molar-refractivity contribution in [3.05, 3.63) is 0 Å². The third kappa shape index (κ3) is 54.1. The Morgan fingerprint density at radius 1 is 0.424 bits per heavy atom. The largest absolute Gasteiger partial charge is 1.00 e. The van der Waals surface area contributed by atoms with Crippen LogP contribution in [-0.2, 0) is 0 Å². The second kappa shape index (κ2) is 63.5. The van der Waals surface area contributed by atoms with E-state index in [1.807, 2.05) is 0 Å². The van der Waals surface area contributed by atoms with Crippen LogP contribution in [0, 0.1) is 0 Å². The van der Waals surface area contributed by atoms with E-state index in [-0.39, 0.29) is 74.0 Å². The fourth-order valence-corrected chi connectivity index (χ4v) is 8.36. The number of alkyl halides is 6. The van der Waals surface area contributed by atoms with Gasteiger partial charge in [0.15, 0.2) is 0 Å². The molecule has 0 spiro atoms. The first-order valence-electron chi connectivity index (χ1n) is 23.4. The molecule has 0 aromatic rings. The first kappa shape index (κ1) is 97.7. The van der Waals surface area contributed by atoms with Gasteiger partial charge in [0.05, 0.1) is 61.9 Å². The molecule has 417 valence electrons. The molecule has 0 atom stereocenters. The topological polar surface area (TPSA) is 14.2 Å². The normalized spacial score (nSPS) is 13.1. The van der Waals surface area contributed by atoms with Gasteiger partial charge in [0.2, 0.25) is 0 Å². The zero-order valence-electron chi connectivity index (χ0n) is 43.6. The van der Waals surface area contributed by atoms with Gasteiger partial charge in [0.1, 0.15) is 26.2 Å². The molecule has 2 rings (SSSR count). The summed E-state index contributed by atoms with van der Waals surface area (Å²) < 4.78 is 2.67. The van der Waals surface area contributed by atoms with Gasteiger partial charge in [-0.2, -0.15) is 0 Å². The number of nitrogens with zero attached hydrogens (tertiary/aromatic N) is 5. The van der Waals surface area contributed by atoms with Crippen LogP contribution in [-0.4, -0.2) is 195 Å². The summed E-state index contributed by atoms with van der Waals surface area (Å²) >= 11 is 33.7. The maximum atomic E-state index is 5.65. The molecule has 0 amide bonds. The summed E-state index contributed by atoms with van der Waals surface area (Å²) in [6, 6.07) is 4.20. The van der Waals surface area contributed by atoms with Crippen LogP contribution in [0.25, 0.3) is 0 Å². The van der Waals surface area contributed by atoms with Gasteiger partial charge in [-0.05, 0) is 128 Å². The number of hydrogen-bond donors (Lipinski definition) is 1. The van der Waals surface area contributed by atoms with Crippen molar-refractivity contribution in [2.45, 2.75) is 195 Å². The lowest BCUT2D eigenvalue weighted by molar-refractivity contribution is -0.916. The van der Waals surface area contributed by atoms with Gasteiger partial charge in [0.25, 0.3) is 0 Å². The van der Waals surface area contributed by atoms with Crippen LogP contribution in [0.1, 0.15) is 160 Å². The van der Waals surface area contributed by atoms with Crippen molar-refractivity contribution in [2.75, 3.05) is 127 Å². The van der Waals surface area contributed by atoms with Crippen molar-refractivity contribution in [1.29, 1.82) is 0 Å². The molecule has 17 heteroatoms. The summed E-state index contributed by atoms with van der Waals surface area (Å²) in [6.07, 6.45) is 5.11. The Labute approximate surface area is 468 Å². The van der Waals surface area contributed by atoms with Crippen molar-refractivity contribution in [3.8, 4) is 0 Å². The Kier molecular flexibility index (Phi) is 93.9. The lowest BCUT2D eigenvalue weighted by atomic mass is 10.3. The Hall–Kier alpha value is 2.36. The highest BCUT2D eigenvalue weighted by Crippen LogP contribution is 2.26. The maximum absolute atomic E-state index is 5.65. The molecule has 0 saturated carbocycles. The van der Waals surface area contributed by atoms with Gasteiger partial charge < -0.3 is 56.0 Å². The van der Waals surface area contributed by atoms with Gasteiger partial charge in [-0.3, -0.25) is 14.5 Å². The molecule has 2 fully saturated rings. The minimum absolute atomic E-state index is 0. The predicted molar refractivity (Wildman–Crippen MR) is 302 cm³/mol. The molecular formula is C49H118BCl9FN6. The number of halogens is 10. The molecule has 6 nitrogen and oxygen atoms in total. The van der Waals surface area contributed by atoms with E-state index < -0.39 is 0 Å². The maximum Gasteiger partial charge on any atom is 0.129 e. The molecule has 66 heavy (non-hydrogen) atoms. The van der Waals surface area contributed by atoms with Crippen molar-refractivity contribution < 1.29 is 57.2 Å². The fourth-order valence-electron chi connectivity index (χ4n) is 6.88. The van der Waals surface area contributed by atoms with E-state index in [1.54, 1.807) is 0 Å². The van der Waals surface area contributed by atoms with E-state index >= 15 is 0 Å². The van der Waals surface area contributed by atoms with Crippen molar-refractivity contribution >= 4 is 78.0 Å². The van der Waals surface area contributed by atoms with Gasteiger partial charge in [-0.1, -0.05) is 50.0 Å². The summed E-state index contributed by atoms with van der Waals surface area (Å²) in [6.45, 7) is 52.6. The number of rotatable bonds is 26. The summed E-state index contributed by atoms with van der Waals surface area (Å²) in [4.78, 5) is 8.68. The summed E-state index contributed by atoms with van der Waals surface area (Å²) in [5.41, 5.74) is 0. The fraction of sp³-hybridized carbons (Fsp3) is 1.00. The molecular weight excluding hydrogens is 1020 g/mol. The lowest BCUT2D eigenvalue weighted by Gasteiger charge is -2.24. The molecule has 0 aromatic carbocycles. The van der Waals surface area contributed by atoms with Gasteiger partial charge in [-0.15, -0.1) is 69.6 Å². The van der Waals surface area contributed by atoms with Crippen LogP contribution in [0.15, 0.2) is 0 Å². The first-order chi connectivity index (χ1) is 27.3. The first-order valence-corrected chi connectivity index (χ1v) is 26.6. The molecule has 2 heterocycles. The molecule has 3 radical (unpaired) electrons. The Morgan fingerprint density at radius 3 is 0.818 bits per heavy atom. The van der Waals surface area contributed by atoms with Crippen LogP contribution >= 0.6 is 69.6 Å². The second-order valence-electron chi connectivity index (χ2n) is 17.8. The molecule has 2 aliphatic heterocycles. The number of nitrogens with one attached hydrogen (secondary N) is 1. The number of hydrogen-bond acceptors (Lipinski definition) is 3. The quantitative estimate of drug-likeness (QED) is 0.0615. The highest BCUT2D eigenvalue weighted by molar-refractivity contribution is 6.19. The van der Waals surface area contributed by atoms with Gasteiger partial charge in [0, 0.05) is 65.2 Å². The second-order valence-corrected chi connectivity index (χ2v) is 20.1. The average molecular weight is 1140 g/mol. The van der Waals surface area contributed by atoms with Crippen LogP contribution in [0.4, 0.5) is 4.70 Å². The van der Waals surface area contributed by atoms with Crippen molar-refractivity contribution in [2.24, 2.45) is 0 Å². The lowest BCUT2D eigenvalue weighted by Crippen LogP contribution is -3.15. The smallest absolute Gasteiger partial charge is 0.129 e. The molecule has 0 unspecified atom stereocenters.